The molecule has 6 nitrogen and oxygen atoms in total. The Morgan fingerprint density at radius 2 is 1.70 bits per heavy atom. The molecule has 0 N–H and O–H groups in total. The third-order valence-corrected chi connectivity index (χ3v) is 6.73. The van der Waals surface area contributed by atoms with Crippen LogP contribution in [-0.2, 0) is 6.54 Å². The van der Waals surface area contributed by atoms with Crippen LogP contribution in [0.2, 0.25) is 10.0 Å². The van der Waals surface area contributed by atoms with Crippen molar-refractivity contribution in [3.05, 3.63) is 112 Å². The molecule has 0 fully saturated rings. The average Bonchev–Trinajstić information content (AvgIpc) is 3.71. The van der Waals surface area contributed by atoms with Crippen molar-refractivity contribution < 1.29 is 13.3 Å². The zero-order valence-electron chi connectivity index (χ0n) is 19.2. The molecule has 37 heavy (non-hydrogen) atoms. The molecule has 0 aliphatic carbocycles. The monoisotopic (exact) mass is 525 g/mol. The molecule has 0 radical (unpaired) electrons. The molecule has 0 atom stereocenters. The van der Waals surface area contributed by atoms with Crippen LogP contribution < -0.4 is 0 Å². The van der Waals surface area contributed by atoms with Crippen molar-refractivity contribution in [3.63, 3.8) is 0 Å². The number of hydrogen-bond acceptors (Lipinski definition) is 5. The van der Waals surface area contributed by atoms with Crippen LogP contribution in [0.4, 0.5) is 5.88 Å². The molecule has 0 bridgehead atoms. The maximum atomic E-state index is 10.0. The molecule has 6 rings (SSSR count). The first-order valence-electron chi connectivity index (χ1n) is 11.3. The summed E-state index contributed by atoms with van der Waals surface area (Å²) >= 11 is 12.3. The number of nitriles is 1. The summed E-state index contributed by atoms with van der Waals surface area (Å²) in [7, 11) is 0. The van der Waals surface area contributed by atoms with Crippen LogP contribution >= 0.6 is 23.2 Å². The van der Waals surface area contributed by atoms with Gasteiger partial charge in [0.25, 0.3) is 0 Å². The van der Waals surface area contributed by atoms with E-state index in [0.29, 0.717) is 39.4 Å². The number of aliphatic imine (C=N–C) groups is 1. The van der Waals surface area contributed by atoms with Gasteiger partial charge in [0.1, 0.15) is 17.4 Å². The number of nitrogens with zero attached hydrogens (tertiary/aromatic N) is 3. The summed E-state index contributed by atoms with van der Waals surface area (Å²) in [4.78, 5) is 4.60. The Hall–Kier alpha value is -4.44. The lowest BCUT2D eigenvalue weighted by atomic mass is 10.1. The molecule has 0 unspecified atom stereocenters. The summed E-state index contributed by atoms with van der Waals surface area (Å²) in [5.74, 6) is 1.52. The Morgan fingerprint density at radius 1 is 0.919 bits per heavy atom. The highest BCUT2D eigenvalue weighted by molar-refractivity contribution is 6.42. The highest BCUT2D eigenvalue weighted by Gasteiger charge is 2.26. The molecule has 0 spiro atoms. The lowest BCUT2D eigenvalue weighted by Crippen LogP contribution is -1.97. The Bertz CT molecular complexity index is 1790. The zero-order chi connectivity index (χ0) is 25.4. The summed E-state index contributed by atoms with van der Waals surface area (Å²) in [6.45, 7) is 0.598. The minimum absolute atomic E-state index is 0.168. The number of hydrogen-bond donors (Lipinski definition) is 0. The minimum atomic E-state index is 0.168. The van der Waals surface area contributed by atoms with Crippen molar-refractivity contribution in [3.8, 4) is 28.9 Å². The second-order valence-corrected chi connectivity index (χ2v) is 9.10. The summed E-state index contributed by atoms with van der Waals surface area (Å²) < 4.78 is 19.3. The first kappa shape index (κ1) is 23.0. The van der Waals surface area contributed by atoms with E-state index in [1.54, 1.807) is 49.1 Å². The maximum Gasteiger partial charge on any atom is 0.238 e. The van der Waals surface area contributed by atoms with Crippen LogP contribution in [0.3, 0.4) is 0 Å². The first-order valence-corrected chi connectivity index (χ1v) is 12.1. The fourth-order valence-corrected chi connectivity index (χ4v) is 4.64. The Morgan fingerprint density at radius 3 is 2.43 bits per heavy atom. The predicted molar refractivity (Wildman–Crippen MR) is 144 cm³/mol. The number of rotatable bonds is 6. The number of halogens is 2. The highest BCUT2D eigenvalue weighted by Crippen LogP contribution is 2.43. The smallest absolute Gasteiger partial charge is 0.238 e. The van der Waals surface area contributed by atoms with Crippen LogP contribution in [0, 0.1) is 11.3 Å². The molecule has 0 saturated carbocycles. The van der Waals surface area contributed by atoms with Crippen molar-refractivity contribution in [1.29, 1.82) is 5.26 Å². The van der Waals surface area contributed by atoms with Crippen molar-refractivity contribution in [2.45, 2.75) is 6.54 Å². The molecule has 6 aromatic rings. The minimum Gasteiger partial charge on any atom is -0.464 e. The molecular weight excluding hydrogens is 509 g/mol. The van der Waals surface area contributed by atoms with Gasteiger partial charge in [-0.25, -0.2) is 4.99 Å². The summed E-state index contributed by atoms with van der Waals surface area (Å²) in [6.07, 6.45) is 6.79. The molecule has 4 aromatic heterocycles. The lowest BCUT2D eigenvalue weighted by Gasteiger charge is -2.06. The number of para-hydroxylation sites is 1. The molecule has 180 valence electrons. The standard InChI is InChI=1S/C29H17Cl2N3O3/c30-22-10-9-18(13-23(22)31)16-34-17-19(20-5-1-2-6-24(20)34)15-33-29-21(14-32)27(25-7-3-11-35-25)28(37-29)26-8-4-12-36-26/h1-13,15,17H,16H2. The Balaban J connectivity index is 1.43. The van der Waals surface area contributed by atoms with E-state index in [4.69, 9.17) is 36.5 Å². The van der Waals surface area contributed by atoms with Gasteiger partial charge in [-0.3, -0.25) is 0 Å². The molecule has 0 aliphatic rings. The number of fused-ring (bicyclic) bond motifs is 1. The Labute approximate surface area is 221 Å². The highest BCUT2D eigenvalue weighted by atomic mass is 35.5. The van der Waals surface area contributed by atoms with E-state index < -0.39 is 0 Å². The van der Waals surface area contributed by atoms with Crippen LogP contribution in [-0.4, -0.2) is 10.8 Å². The van der Waals surface area contributed by atoms with Gasteiger partial charge in [-0.05, 0) is 48.0 Å². The van der Waals surface area contributed by atoms with Crippen molar-refractivity contribution in [1.82, 2.24) is 4.57 Å². The van der Waals surface area contributed by atoms with Crippen LogP contribution in [0.15, 0.2) is 104 Å². The van der Waals surface area contributed by atoms with Crippen molar-refractivity contribution >= 4 is 46.2 Å². The fourth-order valence-electron chi connectivity index (χ4n) is 4.32. The van der Waals surface area contributed by atoms with Crippen molar-refractivity contribution in [2.24, 2.45) is 4.99 Å². The van der Waals surface area contributed by atoms with E-state index in [9.17, 15) is 5.26 Å². The van der Waals surface area contributed by atoms with Gasteiger partial charge < -0.3 is 17.8 Å². The van der Waals surface area contributed by atoms with Gasteiger partial charge in [-0.1, -0.05) is 47.5 Å². The van der Waals surface area contributed by atoms with E-state index in [1.807, 2.05) is 42.6 Å². The van der Waals surface area contributed by atoms with Gasteiger partial charge >= 0.3 is 0 Å². The predicted octanol–water partition coefficient (Wildman–Crippen LogP) is 8.73. The number of aromatic nitrogens is 1. The van der Waals surface area contributed by atoms with Crippen LogP contribution in [0.5, 0.6) is 0 Å². The fraction of sp³-hybridized carbons (Fsp3) is 0.0345. The van der Waals surface area contributed by atoms with Crippen LogP contribution in [0.1, 0.15) is 16.7 Å². The first-order chi connectivity index (χ1) is 18.1. The quantitative estimate of drug-likeness (QED) is 0.203. The summed E-state index contributed by atoms with van der Waals surface area (Å²) in [6, 6.07) is 22.9. The summed E-state index contributed by atoms with van der Waals surface area (Å²) in [5, 5.41) is 12.0. The summed E-state index contributed by atoms with van der Waals surface area (Å²) in [5.41, 5.74) is 3.67. The molecular formula is C29H17Cl2N3O3. The van der Waals surface area contributed by atoms with E-state index in [-0.39, 0.29) is 11.4 Å². The molecule has 8 heteroatoms. The van der Waals surface area contributed by atoms with E-state index in [2.05, 4.69) is 15.6 Å². The molecule has 2 aromatic carbocycles. The average molecular weight is 526 g/mol. The van der Waals surface area contributed by atoms with Gasteiger partial charge in [-0.15, -0.1) is 0 Å². The third-order valence-electron chi connectivity index (χ3n) is 5.99. The van der Waals surface area contributed by atoms with Crippen LogP contribution in [0.25, 0.3) is 33.7 Å². The molecule has 0 aliphatic heterocycles. The van der Waals surface area contributed by atoms with Crippen molar-refractivity contribution in [2.75, 3.05) is 0 Å². The van der Waals surface area contributed by atoms with E-state index >= 15 is 0 Å². The second-order valence-electron chi connectivity index (χ2n) is 8.29. The maximum absolute atomic E-state index is 10.0. The van der Waals surface area contributed by atoms with Gasteiger partial charge in [0.05, 0.1) is 28.1 Å². The number of furan rings is 3. The van der Waals surface area contributed by atoms with Gasteiger partial charge in [0.15, 0.2) is 11.5 Å². The lowest BCUT2D eigenvalue weighted by molar-refractivity contribution is 0.527. The SMILES string of the molecule is N#Cc1c(N=Cc2cn(Cc3ccc(Cl)c(Cl)c3)c3ccccc23)oc(-c2ccco2)c1-c1ccco1. The normalized spacial score (nSPS) is 11.5. The van der Waals surface area contributed by atoms with E-state index in [0.717, 1.165) is 22.0 Å². The van der Waals surface area contributed by atoms with E-state index in [1.165, 1.54) is 0 Å². The zero-order valence-corrected chi connectivity index (χ0v) is 20.7. The molecule has 0 saturated heterocycles. The van der Waals surface area contributed by atoms with Gasteiger partial charge in [0, 0.05) is 35.4 Å². The number of benzene rings is 2. The third kappa shape index (κ3) is 4.25. The Kier molecular flexibility index (Phi) is 5.93. The second kappa shape index (κ2) is 9.55. The topological polar surface area (TPSA) is 80.5 Å². The molecule has 0 amide bonds. The van der Waals surface area contributed by atoms with Gasteiger partial charge in [0.2, 0.25) is 5.88 Å². The van der Waals surface area contributed by atoms with Gasteiger partial charge in [-0.2, -0.15) is 5.26 Å². The largest absolute Gasteiger partial charge is 0.464 e. The molecule has 4 heterocycles.